The molecule has 0 spiro atoms. The molecule has 1 aromatic rings. The van der Waals surface area contributed by atoms with E-state index >= 15 is 0 Å². The van der Waals surface area contributed by atoms with E-state index in [0.29, 0.717) is 6.42 Å². The van der Waals surface area contributed by atoms with Crippen LogP contribution in [0.5, 0.6) is 0 Å². The van der Waals surface area contributed by atoms with Crippen LogP contribution in [0.1, 0.15) is 18.9 Å². The lowest BCUT2D eigenvalue weighted by Gasteiger charge is -2.01. The number of hydrogen-bond donors (Lipinski definition) is 1. The van der Waals surface area contributed by atoms with Crippen molar-refractivity contribution in [1.82, 2.24) is 5.32 Å². The number of carbonyl (C=O) groups is 1. The zero-order valence-corrected chi connectivity index (χ0v) is 7.08. The topological polar surface area (TPSA) is 29.1 Å². The van der Waals surface area contributed by atoms with Crippen molar-refractivity contribution < 1.29 is 4.79 Å². The van der Waals surface area contributed by atoms with Gasteiger partial charge in [0, 0.05) is 6.42 Å². The first-order chi connectivity index (χ1) is 5.83. The molecule has 1 amide bonds. The molecule has 0 aliphatic heterocycles. The molecule has 0 aromatic heterocycles. The smallest absolute Gasteiger partial charge is 0.220 e. The lowest BCUT2D eigenvalue weighted by atomic mass is 10.2. The summed E-state index contributed by atoms with van der Waals surface area (Å²) in [6.07, 6.45) is 0.517. The van der Waals surface area contributed by atoms with Gasteiger partial charge in [0.2, 0.25) is 5.91 Å². The van der Waals surface area contributed by atoms with E-state index in [-0.39, 0.29) is 5.91 Å². The molecule has 0 aliphatic carbocycles. The van der Waals surface area contributed by atoms with Gasteiger partial charge in [0.05, 0.1) is 6.54 Å². The normalized spacial score (nSPS) is 9.42. The van der Waals surface area contributed by atoms with Gasteiger partial charge in [-0.2, -0.15) is 0 Å². The van der Waals surface area contributed by atoms with Crippen molar-refractivity contribution in [3.63, 3.8) is 0 Å². The Labute approximate surface area is 72.6 Å². The predicted octanol–water partition coefficient (Wildman–Crippen LogP) is 1.72. The van der Waals surface area contributed by atoms with Crippen molar-refractivity contribution in [3.8, 4) is 0 Å². The molecule has 0 atom stereocenters. The van der Waals surface area contributed by atoms with E-state index in [9.17, 15) is 4.79 Å². The molecule has 0 aliphatic rings. The molecular weight excluding hydrogens is 150 g/mol. The molecule has 0 saturated carbocycles. The molecule has 12 heavy (non-hydrogen) atoms. The summed E-state index contributed by atoms with van der Waals surface area (Å²) in [7, 11) is 0. The zero-order chi connectivity index (χ0) is 8.81. The van der Waals surface area contributed by atoms with Gasteiger partial charge in [0.25, 0.3) is 0 Å². The van der Waals surface area contributed by atoms with Crippen LogP contribution < -0.4 is 5.32 Å². The Hall–Kier alpha value is -1.31. The fourth-order valence-electron chi connectivity index (χ4n) is 0.815. The molecule has 0 bridgehead atoms. The van der Waals surface area contributed by atoms with Gasteiger partial charge in [-0.3, -0.25) is 4.79 Å². The second-order valence-corrected chi connectivity index (χ2v) is 2.48. The third-order valence-electron chi connectivity index (χ3n) is 1.52. The van der Waals surface area contributed by atoms with Crippen LogP contribution in [0.15, 0.2) is 30.3 Å². The highest BCUT2D eigenvalue weighted by Gasteiger charge is 1.96. The first-order valence-corrected chi connectivity index (χ1v) is 4.00. The summed E-state index contributed by atoms with van der Waals surface area (Å²) in [5.41, 5.74) is 1.01. The van der Waals surface area contributed by atoms with E-state index in [2.05, 4.69) is 5.32 Å². The van der Waals surface area contributed by atoms with E-state index in [4.69, 9.17) is 0 Å². The lowest BCUT2D eigenvalue weighted by molar-refractivity contribution is -0.120. The maximum absolute atomic E-state index is 10.8. The van der Waals surface area contributed by atoms with Gasteiger partial charge in [-0.25, -0.2) is 0 Å². The number of rotatable bonds is 3. The number of nitrogens with one attached hydrogen (secondary N) is 1. The highest BCUT2D eigenvalue weighted by molar-refractivity contribution is 5.76. The zero-order valence-electron chi connectivity index (χ0n) is 7.08. The number of benzene rings is 1. The van der Waals surface area contributed by atoms with Crippen molar-refractivity contribution in [2.75, 3.05) is 0 Å². The fraction of sp³-hybridized carbons (Fsp3) is 0.200. The van der Waals surface area contributed by atoms with Crippen LogP contribution in [-0.4, -0.2) is 5.91 Å². The summed E-state index contributed by atoms with van der Waals surface area (Å²) in [5, 5.41) is 2.68. The summed E-state index contributed by atoms with van der Waals surface area (Å²) < 4.78 is 0. The molecule has 0 unspecified atom stereocenters. The Morgan fingerprint density at radius 2 is 2.08 bits per heavy atom. The first kappa shape index (κ1) is 8.78. The first-order valence-electron chi connectivity index (χ1n) is 4.00. The predicted molar refractivity (Wildman–Crippen MR) is 48.3 cm³/mol. The second-order valence-electron chi connectivity index (χ2n) is 2.48. The van der Waals surface area contributed by atoms with Crippen LogP contribution in [0.25, 0.3) is 0 Å². The molecule has 0 heterocycles. The van der Waals surface area contributed by atoms with Gasteiger partial charge < -0.3 is 5.32 Å². The number of carbonyl (C=O) groups excluding carboxylic acids is 1. The van der Waals surface area contributed by atoms with Gasteiger partial charge in [-0.15, -0.1) is 0 Å². The summed E-state index contributed by atoms with van der Waals surface area (Å²) >= 11 is 0. The van der Waals surface area contributed by atoms with Crippen molar-refractivity contribution in [1.29, 1.82) is 0 Å². The third-order valence-corrected chi connectivity index (χ3v) is 1.52. The average Bonchev–Trinajstić information content (AvgIpc) is 2.16. The van der Waals surface area contributed by atoms with Gasteiger partial charge >= 0.3 is 0 Å². The molecule has 2 heteroatoms. The average molecular weight is 162 g/mol. The van der Waals surface area contributed by atoms with Crippen LogP contribution >= 0.6 is 0 Å². The molecule has 0 fully saturated rings. The highest BCUT2D eigenvalue weighted by atomic mass is 16.1. The Bertz CT molecular complexity index is 243. The summed E-state index contributed by atoms with van der Waals surface area (Å²) in [6.45, 7) is 3.54. The molecule has 1 radical (unpaired) electrons. The van der Waals surface area contributed by atoms with E-state index in [1.54, 1.807) is 6.54 Å². The Morgan fingerprint density at radius 1 is 1.42 bits per heavy atom. The molecule has 1 aromatic carbocycles. The minimum absolute atomic E-state index is 0.0406. The van der Waals surface area contributed by atoms with Crippen LogP contribution in [0.3, 0.4) is 0 Å². The largest absolute Gasteiger partial charge is 0.347 e. The van der Waals surface area contributed by atoms with Crippen LogP contribution in [0, 0.1) is 6.54 Å². The Morgan fingerprint density at radius 3 is 2.67 bits per heavy atom. The van der Waals surface area contributed by atoms with Crippen molar-refractivity contribution in [2.24, 2.45) is 0 Å². The molecule has 0 saturated heterocycles. The monoisotopic (exact) mass is 162 g/mol. The van der Waals surface area contributed by atoms with Gasteiger partial charge in [0.1, 0.15) is 0 Å². The number of amides is 1. The maximum atomic E-state index is 10.8. The van der Waals surface area contributed by atoms with Crippen LogP contribution in [0.2, 0.25) is 0 Å². The summed E-state index contributed by atoms with van der Waals surface area (Å²) in [5.74, 6) is 0.0406. The van der Waals surface area contributed by atoms with E-state index in [0.717, 1.165) is 5.56 Å². The van der Waals surface area contributed by atoms with Gasteiger partial charge in [-0.1, -0.05) is 37.3 Å². The standard InChI is InChI=1S/C10H12NO/c1-2-10(12)11-8-9-6-4-3-5-7-9/h3-8H,2H2,1H3,(H,11,12). The minimum atomic E-state index is 0.0406. The van der Waals surface area contributed by atoms with Crippen LogP contribution in [-0.2, 0) is 4.79 Å². The molecule has 2 nitrogen and oxygen atoms in total. The SMILES string of the molecule is CCC(=O)N[CH]c1ccccc1. The lowest BCUT2D eigenvalue weighted by Crippen LogP contribution is -2.19. The number of hydrogen-bond acceptors (Lipinski definition) is 1. The van der Waals surface area contributed by atoms with Crippen molar-refractivity contribution >= 4 is 5.91 Å². The second kappa shape index (κ2) is 4.54. The summed E-state index contributed by atoms with van der Waals surface area (Å²) in [6, 6.07) is 9.69. The molecule has 63 valence electrons. The van der Waals surface area contributed by atoms with E-state index in [1.165, 1.54) is 0 Å². The van der Waals surface area contributed by atoms with Crippen molar-refractivity contribution in [3.05, 3.63) is 42.4 Å². The maximum Gasteiger partial charge on any atom is 0.220 e. The highest BCUT2D eigenvalue weighted by Crippen LogP contribution is 1.98. The molecule has 1 rings (SSSR count). The van der Waals surface area contributed by atoms with E-state index in [1.807, 2.05) is 37.3 Å². The van der Waals surface area contributed by atoms with Crippen LogP contribution in [0.4, 0.5) is 0 Å². The third kappa shape index (κ3) is 2.74. The van der Waals surface area contributed by atoms with Crippen molar-refractivity contribution in [2.45, 2.75) is 13.3 Å². The minimum Gasteiger partial charge on any atom is -0.347 e. The Balaban J connectivity index is 2.38. The quantitative estimate of drug-likeness (QED) is 0.720. The summed E-state index contributed by atoms with van der Waals surface area (Å²) in [4.78, 5) is 10.8. The van der Waals surface area contributed by atoms with Gasteiger partial charge in [-0.05, 0) is 5.56 Å². The molecule has 1 N–H and O–H groups in total. The van der Waals surface area contributed by atoms with Gasteiger partial charge in [0.15, 0.2) is 0 Å². The molecular formula is C10H12NO. The fourth-order valence-corrected chi connectivity index (χ4v) is 0.815. The Kier molecular flexibility index (Phi) is 3.33. The van der Waals surface area contributed by atoms with E-state index < -0.39 is 0 Å².